The molecule has 6 heteroatoms. The van der Waals surface area contributed by atoms with Gasteiger partial charge in [0.25, 0.3) is 0 Å². The lowest BCUT2D eigenvalue weighted by atomic mass is 9.77. The Morgan fingerprint density at radius 1 is 0.636 bits per heavy atom. The molecule has 33 heavy (non-hydrogen) atoms. The van der Waals surface area contributed by atoms with E-state index in [1.54, 1.807) is 13.8 Å². The summed E-state index contributed by atoms with van der Waals surface area (Å²) < 4.78 is 0. The maximum Gasteiger partial charge on any atom is 0.235 e. The van der Waals surface area contributed by atoms with Crippen molar-refractivity contribution in [3.05, 3.63) is 0 Å². The second-order valence-corrected chi connectivity index (χ2v) is 11.2. The molecule has 2 amide bonds. The van der Waals surface area contributed by atoms with Crippen molar-refractivity contribution in [2.24, 2.45) is 17.3 Å². The molecule has 0 aromatic carbocycles. The largest absolute Gasteiger partial charge is 0.388 e. The third-order valence-electron chi connectivity index (χ3n) is 6.93. The molecule has 0 aliphatic carbocycles. The molecule has 0 fully saturated rings. The number of carbonyl (C=O) groups is 2. The zero-order valence-electron chi connectivity index (χ0n) is 23.2. The average molecular weight is 471 g/mol. The summed E-state index contributed by atoms with van der Waals surface area (Å²) >= 11 is 0. The van der Waals surface area contributed by atoms with Crippen LogP contribution in [0.3, 0.4) is 0 Å². The van der Waals surface area contributed by atoms with E-state index in [0.29, 0.717) is 25.7 Å². The molecule has 0 aromatic heterocycles. The van der Waals surface area contributed by atoms with E-state index in [9.17, 15) is 19.8 Å². The number of rotatable bonds is 16. The fourth-order valence-corrected chi connectivity index (χ4v) is 5.19. The van der Waals surface area contributed by atoms with Crippen LogP contribution in [0.25, 0.3) is 0 Å². The van der Waals surface area contributed by atoms with Crippen molar-refractivity contribution in [1.29, 1.82) is 0 Å². The molecule has 0 heterocycles. The quantitative estimate of drug-likeness (QED) is 0.240. The summed E-state index contributed by atoms with van der Waals surface area (Å²) in [7, 11) is 0. The first kappa shape index (κ1) is 31.9. The van der Waals surface area contributed by atoms with Gasteiger partial charge in [0.1, 0.15) is 5.41 Å². The summed E-state index contributed by atoms with van der Waals surface area (Å²) in [6.07, 6.45) is 5.60. The number of hydrogen-bond acceptors (Lipinski definition) is 4. The lowest BCUT2D eigenvalue weighted by Gasteiger charge is -2.42. The first-order valence-corrected chi connectivity index (χ1v) is 13.2. The van der Waals surface area contributed by atoms with Gasteiger partial charge in [-0.05, 0) is 51.4 Å². The number of aliphatic hydroxyl groups is 2. The average Bonchev–Trinajstić information content (AvgIpc) is 2.69. The predicted molar refractivity (Wildman–Crippen MR) is 137 cm³/mol. The van der Waals surface area contributed by atoms with Crippen LogP contribution in [0.5, 0.6) is 0 Å². The third-order valence-corrected chi connectivity index (χ3v) is 6.93. The number of carbonyl (C=O) groups excluding carboxylic acids is 2. The molecule has 2 atom stereocenters. The molecular weight excluding hydrogens is 416 g/mol. The van der Waals surface area contributed by atoms with Crippen molar-refractivity contribution in [1.82, 2.24) is 10.6 Å². The molecule has 0 aromatic rings. The monoisotopic (exact) mass is 470 g/mol. The fourth-order valence-electron chi connectivity index (χ4n) is 5.19. The molecule has 0 radical (unpaired) electrons. The first-order valence-electron chi connectivity index (χ1n) is 13.2. The molecule has 0 spiro atoms. The highest BCUT2D eigenvalue weighted by Crippen LogP contribution is 2.31. The van der Waals surface area contributed by atoms with Gasteiger partial charge in [0.2, 0.25) is 11.8 Å². The Hall–Kier alpha value is -1.14. The van der Waals surface area contributed by atoms with Gasteiger partial charge in [-0.1, -0.05) is 81.1 Å². The molecule has 4 N–H and O–H groups in total. The highest BCUT2D eigenvalue weighted by molar-refractivity contribution is 6.04. The summed E-state index contributed by atoms with van der Waals surface area (Å²) in [6, 6.07) is -0.898. The van der Waals surface area contributed by atoms with E-state index in [0.717, 1.165) is 25.7 Å². The van der Waals surface area contributed by atoms with Gasteiger partial charge in [-0.3, -0.25) is 9.59 Å². The Bertz CT molecular complexity index is 539. The minimum Gasteiger partial charge on any atom is -0.388 e. The zero-order chi connectivity index (χ0) is 26.0. The van der Waals surface area contributed by atoms with E-state index < -0.39 is 40.5 Å². The predicted octanol–water partition coefficient (Wildman–Crippen LogP) is 4.96. The summed E-state index contributed by atoms with van der Waals surface area (Å²) in [5.74, 6) is -0.778. The highest BCUT2D eigenvalue weighted by atomic mass is 16.3. The van der Waals surface area contributed by atoms with Crippen LogP contribution in [0.15, 0.2) is 0 Å². The van der Waals surface area contributed by atoms with E-state index in [1.165, 1.54) is 0 Å². The summed E-state index contributed by atoms with van der Waals surface area (Å²) in [5, 5.41) is 28.8. The van der Waals surface area contributed by atoms with E-state index in [2.05, 4.69) is 10.6 Å². The maximum atomic E-state index is 13.4. The molecule has 0 aliphatic heterocycles. The summed E-state index contributed by atoms with van der Waals surface area (Å²) in [4.78, 5) is 26.8. The lowest BCUT2D eigenvalue weighted by Crippen LogP contribution is -2.62. The standard InChI is InChI=1S/C27H54N2O4/c1-11-15-26(32,16-12-2)21(19(5)6)28-23(30)25(9,10)24(31)29-22(20(7)8)27(33,17-13-3)18-14-4/h19-22,32-33H,11-18H2,1-10H3,(H,28,30)(H,29,31)/t21-,22-/m1/s1. The fraction of sp³-hybridized carbons (Fsp3) is 0.926. The van der Waals surface area contributed by atoms with E-state index in [1.807, 2.05) is 55.4 Å². The molecule has 0 saturated carbocycles. The molecule has 0 bridgehead atoms. The van der Waals surface area contributed by atoms with Crippen LogP contribution in [0.4, 0.5) is 0 Å². The number of hydrogen-bond donors (Lipinski definition) is 4. The number of amides is 2. The SMILES string of the molecule is CCCC(O)(CCC)[C@H](NC(=O)C(C)(C)C(=O)N[C@H](C(C)C)C(O)(CCC)CCC)C(C)C. The summed E-state index contributed by atoms with van der Waals surface area (Å²) in [6.45, 7) is 19.3. The van der Waals surface area contributed by atoms with Gasteiger partial charge in [-0.15, -0.1) is 0 Å². The molecule has 6 nitrogen and oxygen atoms in total. The Kier molecular flexibility index (Phi) is 13.2. The Morgan fingerprint density at radius 2 is 0.879 bits per heavy atom. The Labute approximate surface area is 203 Å². The Morgan fingerprint density at radius 3 is 1.06 bits per heavy atom. The van der Waals surface area contributed by atoms with Crippen LogP contribution in [0, 0.1) is 17.3 Å². The summed E-state index contributed by atoms with van der Waals surface area (Å²) in [5.41, 5.74) is -3.37. The van der Waals surface area contributed by atoms with Crippen LogP contribution in [-0.4, -0.2) is 45.3 Å². The molecule has 196 valence electrons. The van der Waals surface area contributed by atoms with Gasteiger partial charge < -0.3 is 20.8 Å². The second kappa shape index (κ2) is 13.7. The van der Waals surface area contributed by atoms with Crippen molar-refractivity contribution in [2.45, 2.75) is 144 Å². The smallest absolute Gasteiger partial charge is 0.235 e. The van der Waals surface area contributed by atoms with Crippen molar-refractivity contribution < 1.29 is 19.8 Å². The minimum atomic E-state index is -1.35. The molecule has 0 rings (SSSR count). The van der Waals surface area contributed by atoms with Gasteiger partial charge in [0.05, 0.1) is 23.3 Å². The first-order chi connectivity index (χ1) is 15.2. The van der Waals surface area contributed by atoms with Gasteiger partial charge in [0.15, 0.2) is 0 Å². The molecular formula is C27H54N2O4. The van der Waals surface area contributed by atoms with E-state index in [-0.39, 0.29) is 11.8 Å². The van der Waals surface area contributed by atoms with Crippen molar-refractivity contribution in [3.63, 3.8) is 0 Å². The van der Waals surface area contributed by atoms with Crippen LogP contribution >= 0.6 is 0 Å². The van der Waals surface area contributed by atoms with Gasteiger partial charge in [0, 0.05) is 0 Å². The van der Waals surface area contributed by atoms with E-state index in [4.69, 9.17) is 0 Å². The van der Waals surface area contributed by atoms with Crippen LogP contribution in [0.2, 0.25) is 0 Å². The van der Waals surface area contributed by atoms with Crippen LogP contribution in [0.1, 0.15) is 121 Å². The Balaban J connectivity index is 5.82. The lowest BCUT2D eigenvalue weighted by molar-refractivity contribution is -0.146. The number of nitrogens with one attached hydrogen (secondary N) is 2. The third kappa shape index (κ3) is 8.54. The highest BCUT2D eigenvalue weighted by Gasteiger charge is 2.45. The van der Waals surface area contributed by atoms with Gasteiger partial charge in [-0.2, -0.15) is 0 Å². The molecule has 0 saturated heterocycles. The normalized spacial score (nSPS) is 15.0. The van der Waals surface area contributed by atoms with Gasteiger partial charge >= 0.3 is 0 Å². The second-order valence-electron chi connectivity index (χ2n) is 11.2. The molecule has 0 aliphatic rings. The topological polar surface area (TPSA) is 98.7 Å². The minimum absolute atomic E-state index is 0.0125. The van der Waals surface area contributed by atoms with Crippen LogP contribution in [-0.2, 0) is 9.59 Å². The maximum absolute atomic E-state index is 13.4. The van der Waals surface area contributed by atoms with E-state index >= 15 is 0 Å². The van der Waals surface area contributed by atoms with Crippen LogP contribution < -0.4 is 10.6 Å². The van der Waals surface area contributed by atoms with Gasteiger partial charge in [-0.25, -0.2) is 0 Å². The zero-order valence-corrected chi connectivity index (χ0v) is 23.2. The van der Waals surface area contributed by atoms with Crippen molar-refractivity contribution in [3.8, 4) is 0 Å². The molecule has 0 unspecified atom stereocenters. The van der Waals surface area contributed by atoms with Crippen molar-refractivity contribution >= 4 is 11.8 Å². The van der Waals surface area contributed by atoms with Crippen molar-refractivity contribution in [2.75, 3.05) is 0 Å².